The molecule has 124 valence electrons. The fraction of sp³-hybridized carbons (Fsp3) is 0.833. The maximum atomic E-state index is 6.00. The fourth-order valence-corrected chi connectivity index (χ4v) is 3.13. The van der Waals surface area contributed by atoms with Crippen molar-refractivity contribution in [2.45, 2.75) is 96.8 Å². The largest absolute Gasteiger partial charge is 0.457 e. The second-order valence-electron chi connectivity index (χ2n) is 7.20. The zero-order valence-electron chi connectivity index (χ0n) is 15.6. The fourth-order valence-electron chi connectivity index (χ4n) is 3.13. The monoisotopic (exact) mass is 303 g/mol. The molecule has 0 fully saturated rings. The molecule has 0 aliphatic heterocycles. The van der Waals surface area contributed by atoms with Crippen LogP contribution in [-0.4, -0.2) is 20.7 Å². The topological polar surface area (TPSA) is 26.0 Å². The molecule has 0 saturated carbocycles. The van der Waals surface area contributed by atoms with E-state index in [4.69, 9.17) is 9.40 Å². The molecule has 0 aliphatic rings. The number of unbranched alkanes of at least 4 members (excludes halogenated alkanes) is 7. The third kappa shape index (κ3) is 6.22. The summed E-state index contributed by atoms with van der Waals surface area (Å²) in [7, 11) is 4.09. The van der Waals surface area contributed by atoms with Crippen molar-refractivity contribution in [2.75, 3.05) is 0 Å². The van der Waals surface area contributed by atoms with Crippen LogP contribution in [0.15, 0.2) is 4.42 Å². The van der Waals surface area contributed by atoms with Gasteiger partial charge in [0.2, 0.25) is 0 Å². The number of rotatable bonds is 12. The molecule has 1 atom stereocenters. The highest BCUT2D eigenvalue weighted by molar-refractivity contribution is 6.45. The van der Waals surface area contributed by atoms with Crippen LogP contribution in [0, 0.1) is 0 Å². The Labute approximate surface area is 139 Å². The standard InChI is InChI=1S/C18H35B2NO/c1-4-6-8-10-12-14-18(3,13-11-9-7-5-2)17-21-15(19)16(20)22-17/h4-14,19-20H2,1-3H3. The van der Waals surface area contributed by atoms with Crippen LogP contribution in [-0.2, 0) is 5.41 Å². The third-order valence-electron chi connectivity index (χ3n) is 4.96. The van der Waals surface area contributed by atoms with E-state index in [0.717, 1.165) is 17.1 Å². The van der Waals surface area contributed by atoms with E-state index in [0.29, 0.717) is 0 Å². The lowest BCUT2D eigenvalue weighted by Crippen LogP contribution is -2.24. The molecule has 0 bridgehead atoms. The molecule has 1 aromatic rings. The average Bonchev–Trinajstić information content (AvgIpc) is 2.84. The van der Waals surface area contributed by atoms with Gasteiger partial charge in [-0.15, -0.1) is 0 Å². The lowest BCUT2D eigenvalue weighted by molar-refractivity contribution is 0.292. The molecule has 2 nitrogen and oxygen atoms in total. The summed E-state index contributed by atoms with van der Waals surface area (Å²) in [4.78, 5) is 4.73. The summed E-state index contributed by atoms with van der Waals surface area (Å²) >= 11 is 0. The molecule has 0 aliphatic carbocycles. The Balaban J connectivity index is 2.62. The van der Waals surface area contributed by atoms with Gasteiger partial charge < -0.3 is 4.42 Å². The van der Waals surface area contributed by atoms with E-state index in [1.807, 2.05) is 7.85 Å². The quantitative estimate of drug-likeness (QED) is 0.438. The molecular weight excluding hydrogens is 268 g/mol. The van der Waals surface area contributed by atoms with Crippen molar-refractivity contribution in [3.8, 4) is 0 Å². The summed E-state index contributed by atoms with van der Waals surface area (Å²) in [5.41, 5.74) is 2.17. The van der Waals surface area contributed by atoms with Gasteiger partial charge in [-0.2, -0.15) is 0 Å². The molecule has 0 aromatic carbocycles. The van der Waals surface area contributed by atoms with E-state index < -0.39 is 0 Å². The smallest absolute Gasteiger partial charge is 0.198 e. The van der Waals surface area contributed by atoms with Crippen LogP contribution in [0.2, 0.25) is 0 Å². The molecule has 22 heavy (non-hydrogen) atoms. The molecule has 0 saturated heterocycles. The summed E-state index contributed by atoms with van der Waals surface area (Å²) < 4.78 is 6.00. The van der Waals surface area contributed by atoms with Crippen LogP contribution < -0.4 is 11.3 Å². The first-order valence-corrected chi connectivity index (χ1v) is 9.48. The van der Waals surface area contributed by atoms with Crippen molar-refractivity contribution in [3.63, 3.8) is 0 Å². The van der Waals surface area contributed by atoms with Crippen LogP contribution >= 0.6 is 0 Å². The van der Waals surface area contributed by atoms with Crippen LogP contribution in [0.3, 0.4) is 0 Å². The molecule has 1 aromatic heterocycles. The Hall–Kier alpha value is -0.660. The van der Waals surface area contributed by atoms with Crippen molar-refractivity contribution < 1.29 is 4.42 Å². The maximum Gasteiger partial charge on any atom is 0.198 e. The summed E-state index contributed by atoms with van der Waals surface area (Å²) in [6.07, 6.45) is 14.4. The van der Waals surface area contributed by atoms with Gasteiger partial charge in [-0.25, -0.2) is 4.98 Å². The van der Waals surface area contributed by atoms with Gasteiger partial charge >= 0.3 is 0 Å². The van der Waals surface area contributed by atoms with Crippen molar-refractivity contribution in [1.29, 1.82) is 0 Å². The van der Waals surface area contributed by atoms with Crippen molar-refractivity contribution in [3.05, 3.63) is 5.89 Å². The zero-order valence-corrected chi connectivity index (χ0v) is 15.6. The lowest BCUT2D eigenvalue weighted by Gasteiger charge is -2.26. The second-order valence-corrected chi connectivity index (χ2v) is 7.20. The number of nitrogens with zero attached hydrogens (tertiary/aromatic N) is 1. The minimum absolute atomic E-state index is 0.124. The van der Waals surface area contributed by atoms with E-state index in [1.54, 1.807) is 0 Å². The summed E-state index contributed by atoms with van der Waals surface area (Å²) in [6.45, 7) is 6.91. The highest BCUT2D eigenvalue weighted by Crippen LogP contribution is 2.34. The van der Waals surface area contributed by atoms with Gasteiger partial charge in [0.05, 0.1) is 5.66 Å². The van der Waals surface area contributed by atoms with E-state index in [1.165, 1.54) is 70.6 Å². The Morgan fingerprint density at radius 2 is 1.36 bits per heavy atom. The molecule has 0 N–H and O–H groups in total. The van der Waals surface area contributed by atoms with Gasteiger partial charge in [0, 0.05) is 11.0 Å². The number of oxazole rings is 1. The van der Waals surface area contributed by atoms with Crippen LogP contribution in [0.4, 0.5) is 0 Å². The molecule has 1 heterocycles. The van der Waals surface area contributed by atoms with Gasteiger partial charge in [-0.3, -0.25) is 0 Å². The number of hydrogen-bond donors (Lipinski definition) is 0. The highest BCUT2D eigenvalue weighted by atomic mass is 16.4. The predicted octanol–water partition coefficient (Wildman–Crippen LogP) is 2.78. The third-order valence-corrected chi connectivity index (χ3v) is 4.96. The van der Waals surface area contributed by atoms with Gasteiger partial charge in [0.15, 0.2) is 21.6 Å². The Morgan fingerprint density at radius 1 is 0.864 bits per heavy atom. The van der Waals surface area contributed by atoms with Crippen molar-refractivity contribution in [2.24, 2.45) is 0 Å². The SMILES string of the molecule is Bc1nc(C(C)(CCCCCC)CCCCCCC)oc1B. The minimum Gasteiger partial charge on any atom is -0.457 e. The van der Waals surface area contributed by atoms with E-state index >= 15 is 0 Å². The van der Waals surface area contributed by atoms with Gasteiger partial charge in [0.25, 0.3) is 0 Å². The zero-order chi connectivity index (χ0) is 16.4. The molecular formula is C18H35B2NO. The van der Waals surface area contributed by atoms with Crippen LogP contribution in [0.25, 0.3) is 0 Å². The van der Waals surface area contributed by atoms with Crippen LogP contribution in [0.1, 0.15) is 97.3 Å². The molecule has 0 spiro atoms. The van der Waals surface area contributed by atoms with Gasteiger partial charge in [-0.1, -0.05) is 78.6 Å². The first kappa shape index (κ1) is 19.4. The molecule has 1 rings (SSSR count). The van der Waals surface area contributed by atoms with Crippen molar-refractivity contribution >= 4 is 26.9 Å². The molecule has 4 heteroatoms. The van der Waals surface area contributed by atoms with E-state index in [2.05, 4.69) is 28.6 Å². The Morgan fingerprint density at radius 3 is 1.82 bits per heavy atom. The van der Waals surface area contributed by atoms with Crippen LogP contribution in [0.5, 0.6) is 0 Å². The number of aromatic nitrogens is 1. The van der Waals surface area contributed by atoms with Crippen molar-refractivity contribution in [1.82, 2.24) is 4.98 Å². The minimum atomic E-state index is 0.124. The molecule has 0 radical (unpaired) electrons. The Kier molecular flexibility index (Phi) is 8.97. The molecule has 1 unspecified atom stereocenters. The highest BCUT2D eigenvalue weighted by Gasteiger charge is 2.31. The normalized spacial score (nSPS) is 14.1. The first-order chi connectivity index (χ1) is 10.5. The van der Waals surface area contributed by atoms with Gasteiger partial charge in [0.1, 0.15) is 0 Å². The van der Waals surface area contributed by atoms with Gasteiger partial charge in [-0.05, 0) is 12.8 Å². The summed E-state index contributed by atoms with van der Waals surface area (Å²) in [6, 6.07) is 0. The average molecular weight is 303 g/mol. The first-order valence-electron chi connectivity index (χ1n) is 9.48. The number of hydrogen-bond acceptors (Lipinski definition) is 2. The van der Waals surface area contributed by atoms with E-state index in [9.17, 15) is 0 Å². The van der Waals surface area contributed by atoms with E-state index in [-0.39, 0.29) is 5.41 Å². The molecule has 0 amide bonds. The Bertz CT molecular complexity index is 400. The summed E-state index contributed by atoms with van der Waals surface area (Å²) in [5.74, 6) is 0.981. The predicted molar refractivity (Wildman–Crippen MR) is 102 cm³/mol. The lowest BCUT2D eigenvalue weighted by atomic mass is 9.79. The maximum absolute atomic E-state index is 6.00. The summed E-state index contributed by atoms with van der Waals surface area (Å²) in [5, 5.41) is 0. The second kappa shape index (κ2) is 10.2.